The van der Waals surface area contributed by atoms with Gasteiger partial charge < -0.3 is 4.90 Å². The second-order valence-electron chi connectivity index (χ2n) is 7.04. The van der Waals surface area contributed by atoms with E-state index in [9.17, 15) is 18.0 Å². The van der Waals surface area contributed by atoms with Crippen LogP contribution in [-0.4, -0.2) is 39.7 Å². The maximum absolute atomic E-state index is 12.8. The van der Waals surface area contributed by atoms with E-state index in [1.807, 2.05) is 0 Å². The Labute approximate surface area is 154 Å². The maximum atomic E-state index is 12.8. The first-order valence-corrected chi connectivity index (χ1v) is 8.80. The largest absolute Gasteiger partial charge is 0.416 e. The molecular weight excluding hydrogens is 359 g/mol. The smallest absolute Gasteiger partial charge is 0.337 e. The molecule has 1 aromatic heterocycles. The molecule has 3 atom stereocenters. The van der Waals surface area contributed by atoms with Crippen LogP contribution in [0.5, 0.6) is 0 Å². The molecule has 0 saturated carbocycles. The van der Waals surface area contributed by atoms with Crippen LogP contribution < -0.4 is 10.9 Å². The molecule has 144 valence electrons. The molecule has 27 heavy (non-hydrogen) atoms. The van der Waals surface area contributed by atoms with Gasteiger partial charge >= 0.3 is 6.18 Å². The molecule has 1 amide bonds. The zero-order valence-electron chi connectivity index (χ0n) is 14.7. The van der Waals surface area contributed by atoms with E-state index in [2.05, 4.69) is 16.0 Å². The van der Waals surface area contributed by atoms with E-state index in [1.54, 1.807) is 28.9 Å². The molecule has 1 aromatic carbocycles. The third-order valence-corrected chi connectivity index (χ3v) is 5.43. The van der Waals surface area contributed by atoms with E-state index in [0.717, 1.165) is 24.1 Å². The molecule has 2 N–H and O–H groups in total. The van der Waals surface area contributed by atoms with E-state index in [-0.39, 0.29) is 23.9 Å². The lowest BCUT2D eigenvalue weighted by Gasteiger charge is -2.36. The number of alkyl halides is 3. The molecule has 0 bridgehead atoms. The number of likely N-dealkylation sites (tertiary alicyclic amines) is 1. The van der Waals surface area contributed by atoms with Gasteiger partial charge in [0.05, 0.1) is 11.6 Å². The lowest BCUT2D eigenvalue weighted by Crippen LogP contribution is -2.48. The quantitative estimate of drug-likeness (QED) is 0.839. The number of piperidine rings is 1. The highest BCUT2D eigenvalue weighted by Crippen LogP contribution is 2.36. The van der Waals surface area contributed by atoms with Crippen LogP contribution in [0, 0.1) is 5.92 Å². The molecule has 2 fully saturated rings. The summed E-state index contributed by atoms with van der Waals surface area (Å²) in [5.41, 5.74) is 7.06. The van der Waals surface area contributed by atoms with Gasteiger partial charge in [-0.1, -0.05) is 12.1 Å². The molecule has 6 nitrogen and oxygen atoms in total. The van der Waals surface area contributed by atoms with Crippen molar-refractivity contribution in [2.75, 3.05) is 13.1 Å². The second-order valence-corrected chi connectivity index (χ2v) is 7.04. The van der Waals surface area contributed by atoms with E-state index in [4.69, 9.17) is 0 Å². The molecular formula is C18H20F3N5O. The van der Waals surface area contributed by atoms with Crippen molar-refractivity contribution in [3.63, 3.8) is 0 Å². The van der Waals surface area contributed by atoms with E-state index < -0.39 is 11.7 Å². The van der Waals surface area contributed by atoms with E-state index >= 15 is 0 Å². The van der Waals surface area contributed by atoms with Crippen molar-refractivity contribution in [2.45, 2.75) is 24.7 Å². The Morgan fingerprint density at radius 1 is 1.19 bits per heavy atom. The zero-order valence-corrected chi connectivity index (χ0v) is 14.7. The number of hydrazine groups is 1. The van der Waals surface area contributed by atoms with Crippen molar-refractivity contribution in [3.05, 3.63) is 53.3 Å². The van der Waals surface area contributed by atoms with Crippen molar-refractivity contribution < 1.29 is 18.0 Å². The predicted molar refractivity (Wildman–Crippen MR) is 91.5 cm³/mol. The van der Waals surface area contributed by atoms with Gasteiger partial charge in [-0.25, -0.2) is 5.43 Å². The summed E-state index contributed by atoms with van der Waals surface area (Å²) in [6, 6.07) is 6.93. The van der Waals surface area contributed by atoms with Crippen LogP contribution >= 0.6 is 0 Å². The maximum Gasteiger partial charge on any atom is 0.416 e. The van der Waals surface area contributed by atoms with Crippen molar-refractivity contribution in [1.29, 1.82) is 0 Å². The van der Waals surface area contributed by atoms with Crippen molar-refractivity contribution in [1.82, 2.24) is 25.5 Å². The summed E-state index contributed by atoms with van der Waals surface area (Å²) in [6.45, 7) is 1.15. The van der Waals surface area contributed by atoms with E-state index in [1.165, 1.54) is 12.1 Å². The summed E-state index contributed by atoms with van der Waals surface area (Å²) in [5.74, 6) is -0.000756. The number of halogens is 3. The molecule has 9 heteroatoms. The van der Waals surface area contributed by atoms with Crippen LogP contribution in [0.4, 0.5) is 13.2 Å². The number of aromatic nitrogens is 2. The Hall–Kier alpha value is -2.39. The molecule has 2 aliphatic rings. The molecule has 3 unspecified atom stereocenters. The number of carbonyl (C=O) groups excluding carboxylic acids is 1. The van der Waals surface area contributed by atoms with Gasteiger partial charge in [0, 0.05) is 38.3 Å². The average molecular weight is 379 g/mol. The molecule has 0 aliphatic carbocycles. The third kappa shape index (κ3) is 3.32. The first kappa shape index (κ1) is 18.0. The SMILES string of the molecule is Cn1nccc1C(=O)N1CCC2NNC(c3ccc(C(F)(F)F)cc3)C2C1. The third-order valence-electron chi connectivity index (χ3n) is 5.43. The lowest BCUT2D eigenvalue weighted by atomic mass is 9.85. The Balaban J connectivity index is 1.52. The van der Waals surface area contributed by atoms with Gasteiger partial charge in [-0.3, -0.25) is 14.9 Å². The van der Waals surface area contributed by atoms with Crippen molar-refractivity contribution >= 4 is 5.91 Å². The van der Waals surface area contributed by atoms with Crippen molar-refractivity contribution in [2.24, 2.45) is 13.0 Å². The Kier molecular flexibility index (Phi) is 4.43. The number of carbonyl (C=O) groups is 1. The highest BCUT2D eigenvalue weighted by molar-refractivity contribution is 5.92. The number of fused-ring (bicyclic) bond motifs is 1. The first-order valence-electron chi connectivity index (χ1n) is 8.80. The van der Waals surface area contributed by atoms with Gasteiger partial charge in [-0.05, 0) is 30.2 Å². The lowest BCUT2D eigenvalue weighted by molar-refractivity contribution is -0.137. The molecule has 2 aromatic rings. The normalized spacial score (nSPS) is 25.5. The van der Waals surface area contributed by atoms with Gasteiger partial charge in [0.2, 0.25) is 0 Å². The summed E-state index contributed by atoms with van der Waals surface area (Å²) < 4.78 is 39.9. The van der Waals surface area contributed by atoms with Crippen molar-refractivity contribution in [3.8, 4) is 0 Å². The number of amides is 1. The fourth-order valence-electron chi connectivity index (χ4n) is 3.94. The highest BCUT2D eigenvalue weighted by Gasteiger charge is 2.42. The van der Waals surface area contributed by atoms with Crippen LogP contribution in [0.25, 0.3) is 0 Å². The van der Waals surface area contributed by atoms with Gasteiger partial charge in [0.25, 0.3) is 5.91 Å². The molecule has 3 heterocycles. The Morgan fingerprint density at radius 3 is 2.56 bits per heavy atom. The number of nitrogens with one attached hydrogen (secondary N) is 2. The number of nitrogens with zero attached hydrogens (tertiary/aromatic N) is 3. The predicted octanol–water partition coefficient (Wildman–Crippen LogP) is 2.12. The Morgan fingerprint density at radius 2 is 1.93 bits per heavy atom. The van der Waals surface area contributed by atoms with Gasteiger partial charge in [-0.15, -0.1) is 0 Å². The monoisotopic (exact) mass is 379 g/mol. The average Bonchev–Trinajstić information content (AvgIpc) is 3.26. The summed E-state index contributed by atoms with van der Waals surface area (Å²) in [4.78, 5) is 14.6. The summed E-state index contributed by atoms with van der Waals surface area (Å²) in [5, 5.41) is 4.04. The van der Waals surface area contributed by atoms with Gasteiger partial charge in [0.15, 0.2) is 0 Å². The van der Waals surface area contributed by atoms with E-state index in [0.29, 0.717) is 18.8 Å². The van der Waals surface area contributed by atoms with Gasteiger partial charge in [-0.2, -0.15) is 18.3 Å². The highest BCUT2D eigenvalue weighted by atomic mass is 19.4. The van der Waals surface area contributed by atoms with Crippen LogP contribution in [0.1, 0.15) is 34.1 Å². The number of benzene rings is 1. The second kappa shape index (κ2) is 6.65. The molecule has 4 rings (SSSR count). The fraction of sp³-hybridized carbons (Fsp3) is 0.444. The first-order chi connectivity index (χ1) is 12.8. The number of hydrogen-bond acceptors (Lipinski definition) is 4. The Bertz CT molecular complexity index is 832. The van der Waals surface area contributed by atoms with Crippen LogP contribution in [0.2, 0.25) is 0 Å². The molecule has 2 aliphatic heterocycles. The van der Waals surface area contributed by atoms with Crippen LogP contribution in [0.15, 0.2) is 36.5 Å². The number of aryl methyl sites for hydroxylation is 1. The molecule has 0 spiro atoms. The minimum Gasteiger partial charge on any atom is -0.337 e. The minimum atomic E-state index is -4.35. The van der Waals surface area contributed by atoms with Gasteiger partial charge in [0.1, 0.15) is 5.69 Å². The van der Waals surface area contributed by atoms with Crippen LogP contribution in [0.3, 0.4) is 0 Å². The molecule has 0 radical (unpaired) electrons. The summed E-state index contributed by atoms with van der Waals surface area (Å²) in [6.07, 6.45) is -1.98. The fourth-order valence-corrected chi connectivity index (χ4v) is 3.94. The number of hydrogen-bond donors (Lipinski definition) is 2. The summed E-state index contributed by atoms with van der Waals surface area (Å²) in [7, 11) is 1.73. The molecule has 2 saturated heterocycles. The minimum absolute atomic E-state index is 0.0765. The number of rotatable bonds is 2. The standard InChI is InChI=1S/C18H20F3N5O/c1-25-15(6-8-22-25)17(27)26-9-7-14-13(10-26)16(24-23-14)11-2-4-12(5-3-11)18(19,20)21/h2-6,8,13-14,16,23-24H,7,9-10H2,1H3. The summed E-state index contributed by atoms with van der Waals surface area (Å²) >= 11 is 0. The van der Waals surface area contributed by atoms with Crippen LogP contribution in [-0.2, 0) is 13.2 Å². The topological polar surface area (TPSA) is 62.2 Å². The zero-order chi connectivity index (χ0) is 19.2.